The number of nitrogens with one attached hydrogen (secondary N) is 3. The number of phenolic OH excluding ortho intramolecular Hbond substituents is 1. The van der Waals surface area contributed by atoms with Crippen LogP contribution in [0.25, 0.3) is 0 Å². The van der Waals surface area contributed by atoms with Gasteiger partial charge in [-0.1, -0.05) is 12.1 Å². The molecule has 6 nitrogen and oxygen atoms in total. The highest BCUT2D eigenvalue weighted by atomic mass is 127. The average Bonchev–Trinajstić information content (AvgIpc) is 3.33. The molecule has 0 bridgehead atoms. The Balaban J connectivity index is 0.00000264. The number of halogens is 1. The lowest BCUT2D eigenvalue weighted by molar-refractivity contribution is 0.0951. The van der Waals surface area contributed by atoms with Crippen LogP contribution in [0.4, 0.5) is 0 Å². The summed E-state index contributed by atoms with van der Waals surface area (Å²) < 4.78 is 0. The number of carbonyl (C=O) groups excluding carboxylic acids is 1. The van der Waals surface area contributed by atoms with Crippen LogP contribution in [0.15, 0.2) is 29.3 Å². The molecule has 23 heavy (non-hydrogen) atoms. The Labute approximate surface area is 154 Å². The van der Waals surface area contributed by atoms with Gasteiger partial charge in [0.2, 0.25) is 0 Å². The number of amides is 1. The van der Waals surface area contributed by atoms with Crippen LogP contribution in [0, 0.1) is 5.92 Å². The van der Waals surface area contributed by atoms with Gasteiger partial charge in [0, 0.05) is 26.2 Å². The predicted molar refractivity (Wildman–Crippen MR) is 103 cm³/mol. The Bertz CT molecular complexity index is 533. The third-order valence-corrected chi connectivity index (χ3v) is 3.40. The van der Waals surface area contributed by atoms with E-state index in [4.69, 9.17) is 0 Å². The summed E-state index contributed by atoms with van der Waals surface area (Å²) in [5, 5.41) is 18.8. The Kier molecular flexibility index (Phi) is 8.75. The number of rotatable bonds is 7. The van der Waals surface area contributed by atoms with E-state index in [0.29, 0.717) is 13.1 Å². The van der Waals surface area contributed by atoms with Crippen LogP contribution in [0.3, 0.4) is 0 Å². The van der Waals surface area contributed by atoms with Gasteiger partial charge in [-0.25, -0.2) is 0 Å². The van der Waals surface area contributed by atoms with Crippen LogP contribution in [0.2, 0.25) is 0 Å². The zero-order chi connectivity index (χ0) is 15.8. The van der Waals surface area contributed by atoms with Gasteiger partial charge in [0.05, 0.1) is 5.56 Å². The molecule has 0 saturated heterocycles. The van der Waals surface area contributed by atoms with E-state index in [9.17, 15) is 9.90 Å². The minimum atomic E-state index is -0.278. The molecule has 1 amide bonds. The standard InChI is InChI=1S/C16H24N4O2.HI/c1-2-17-16(20-11-12-7-8-12)19-10-9-18-15(22)13-5-3-4-6-14(13)21;/h3-6,12,21H,2,7-11H2,1H3,(H,18,22)(H2,17,19,20);1H. The van der Waals surface area contributed by atoms with E-state index >= 15 is 0 Å². The molecule has 128 valence electrons. The van der Waals surface area contributed by atoms with Gasteiger partial charge >= 0.3 is 0 Å². The molecule has 4 N–H and O–H groups in total. The molecule has 1 aromatic rings. The minimum absolute atomic E-state index is 0. The molecule has 7 heteroatoms. The van der Waals surface area contributed by atoms with Gasteiger partial charge < -0.3 is 21.1 Å². The SMILES string of the molecule is CCNC(=NCC1CC1)NCCNC(=O)c1ccccc1O.I. The third-order valence-electron chi connectivity index (χ3n) is 3.40. The van der Waals surface area contributed by atoms with E-state index in [1.165, 1.54) is 18.9 Å². The van der Waals surface area contributed by atoms with Gasteiger partial charge in [-0.3, -0.25) is 9.79 Å². The molecule has 0 radical (unpaired) electrons. The first-order valence-corrected chi connectivity index (χ1v) is 7.79. The van der Waals surface area contributed by atoms with Crippen molar-refractivity contribution >= 4 is 35.8 Å². The molecular formula is C16H25IN4O2. The summed E-state index contributed by atoms with van der Waals surface area (Å²) in [6, 6.07) is 6.51. The normalized spacial score (nSPS) is 13.9. The second-order valence-corrected chi connectivity index (χ2v) is 5.36. The Morgan fingerprint density at radius 1 is 1.22 bits per heavy atom. The van der Waals surface area contributed by atoms with Crippen molar-refractivity contribution in [2.24, 2.45) is 10.9 Å². The summed E-state index contributed by atoms with van der Waals surface area (Å²) in [6.45, 7) is 4.73. The zero-order valence-corrected chi connectivity index (χ0v) is 15.7. The van der Waals surface area contributed by atoms with Crippen LogP contribution in [0.5, 0.6) is 5.75 Å². The molecule has 2 rings (SSSR count). The number of aromatic hydroxyl groups is 1. The number of aliphatic imine (C=N–C) groups is 1. The van der Waals surface area contributed by atoms with Crippen LogP contribution in [0.1, 0.15) is 30.1 Å². The third kappa shape index (κ3) is 7.06. The van der Waals surface area contributed by atoms with Crippen LogP contribution < -0.4 is 16.0 Å². The molecule has 1 aliphatic rings. The monoisotopic (exact) mass is 432 g/mol. The highest BCUT2D eigenvalue weighted by molar-refractivity contribution is 14.0. The lowest BCUT2D eigenvalue weighted by Crippen LogP contribution is -2.41. The van der Waals surface area contributed by atoms with Gasteiger partial charge in [0.25, 0.3) is 5.91 Å². The van der Waals surface area contributed by atoms with E-state index in [0.717, 1.165) is 25.0 Å². The number of para-hydroxylation sites is 1. The van der Waals surface area contributed by atoms with Crippen molar-refractivity contribution in [2.75, 3.05) is 26.2 Å². The number of nitrogens with zero attached hydrogens (tertiary/aromatic N) is 1. The molecule has 1 aliphatic carbocycles. The fourth-order valence-electron chi connectivity index (χ4n) is 1.98. The van der Waals surface area contributed by atoms with Crippen molar-refractivity contribution in [3.8, 4) is 5.75 Å². The summed E-state index contributed by atoms with van der Waals surface area (Å²) in [5.74, 6) is 1.24. The van der Waals surface area contributed by atoms with Crippen molar-refractivity contribution in [3.63, 3.8) is 0 Å². The quantitative estimate of drug-likeness (QED) is 0.229. The van der Waals surface area contributed by atoms with Crippen LogP contribution >= 0.6 is 24.0 Å². The predicted octanol–water partition coefficient (Wildman–Crippen LogP) is 1.71. The van der Waals surface area contributed by atoms with E-state index in [2.05, 4.69) is 20.9 Å². The molecule has 0 atom stereocenters. The number of phenols is 1. The Morgan fingerprint density at radius 2 is 1.91 bits per heavy atom. The summed E-state index contributed by atoms with van der Waals surface area (Å²) in [7, 11) is 0. The second-order valence-electron chi connectivity index (χ2n) is 5.36. The summed E-state index contributed by atoms with van der Waals surface area (Å²) in [4.78, 5) is 16.4. The average molecular weight is 432 g/mol. The smallest absolute Gasteiger partial charge is 0.255 e. The fraction of sp³-hybridized carbons (Fsp3) is 0.500. The van der Waals surface area contributed by atoms with Crippen LogP contribution in [-0.4, -0.2) is 43.2 Å². The van der Waals surface area contributed by atoms with Gasteiger partial charge in [0.1, 0.15) is 5.75 Å². The van der Waals surface area contributed by atoms with Gasteiger partial charge in [-0.2, -0.15) is 0 Å². The van der Waals surface area contributed by atoms with Crippen molar-refractivity contribution in [1.29, 1.82) is 0 Å². The van der Waals surface area contributed by atoms with Crippen molar-refractivity contribution in [1.82, 2.24) is 16.0 Å². The number of carbonyl (C=O) groups is 1. The van der Waals surface area contributed by atoms with Gasteiger partial charge in [0.15, 0.2) is 5.96 Å². The second kappa shape index (κ2) is 10.3. The molecule has 0 unspecified atom stereocenters. The highest BCUT2D eigenvalue weighted by Gasteiger charge is 2.20. The molecule has 0 spiro atoms. The number of hydrogen-bond donors (Lipinski definition) is 4. The van der Waals surface area contributed by atoms with Crippen molar-refractivity contribution in [2.45, 2.75) is 19.8 Å². The maximum atomic E-state index is 11.9. The summed E-state index contributed by atoms with van der Waals surface area (Å²) >= 11 is 0. The molecule has 0 aliphatic heterocycles. The topological polar surface area (TPSA) is 85.8 Å². The maximum absolute atomic E-state index is 11.9. The molecular weight excluding hydrogens is 407 g/mol. The minimum Gasteiger partial charge on any atom is -0.507 e. The first-order valence-electron chi connectivity index (χ1n) is 7.79. The Morgan fingerprint density at radius 3 is 2.57 bits per heavy atom. The number of guanidine groups is 1. The Hall–Kier alpha value is -1.51. The van der Waals surface area contributed by atoms with Crippen LogP contribution in [-0.2, 0) is 0 Å². The van der Waals surface area contributed by atoms with Gasteiger partial charge in [-0.15, -0.1) is 24.0 Å². The van der Waals surface area contributed by atoms with E-state index in [1.54, 1.807) is 18.2 Å². The van der Waals surface area contributed by atoms with E-state index < -0.39 is 0 Å². The van der Waals surface area contributed by atoms with Crippen molar-refractivity contribution < 1.29 is 9.90 Å². The first-order chi connectivity index (χ1) is 10.7. The highest BCUT2D eigenvalue weighted by Crippen LogP contribution is 2.28. The lowest BCUT2D eigenvalue weighted by atomic mass is 10.2. The first kappa shape index (κ1) is 19.5. The summed E-state index contributed by atoms with van der Waals surface area (Å²) in [5.41, 5.74) is 0.289. The van der Waals surface area contributed by atoms with Crippen molar-refractivity contribution in [3.05, 3.63) is 29.8 Å². The fourth-order valence-corrected chi connectivity index (χ4v) is 1.98. The number of hydrogen-bond acceptors (Lipinski definition) is 3. The summed E-state index contributed by atoms with van der Waals surface area (Å²) in [6.07, 6.45) is 2.55. The molecule has 0 aromatic heterocycles. The molecule has 1 fully saturated rings. The number of benzene rings is 1. The molecule has 1 saturated carbocycles. The maximum Gasteiger partial charge on any atom is 0.255 e. The molecule has 0 heterocycles. The zero-order valence-electron chi connectivity index (χ0n) is 13.3. The largest absolute Gasteiger partial charge is 0.507 e. The van der Waals surface area contributed by atoms with E-state index in [-0.39, 0.29) is 41.2 Å². The van der Waals surface area contributed by atoms with Gasteiger partial charge in [-0.05, 0) is 37.8 Å². The van der Waals surface area contributed by atoms with E-state index in [1.807, 2.05) is 6.92 Å². The molecule has 1 aromatic carbocycles. The lowest BCUT2D eigenvalue weighted by Gasteiger charge is -2.12.